The van der Waals surface area contributed by atoms with E-state index in [9.17, 15) is 0 Å². The van der Waals surface area contributed by atoms with Gasteiger partial charge in [0, 0.05) is 13.2 Å². The van der Waals surface area contributed by atoms with Crippen molar-refractivity contribution in [3.8, 4) is 0 Å². The summed E-state index contributed by atoms with van der Waals surface area (Å²) in [6.07, 6.45) is 1.87. The van der Waals surface area contributed by atoms with Crippen molar-refractivity contribution in [2.75, 3.05) is 19.8 Å². The van der Waals surface area contributed by atoms with Gasteiger partial charge in [-0.15, -0.1) is 0 Å². The smallest absolute Gasteiger partial charge is 0.0849 e. The molecular formula is C11H25NO2. The molecule has 0 aromatic rings. The van der Waals surface area contributed by atoms with Crippen molar-refractivity contribution in [2.24, 2.45) is 5.73 Å². The van der Waals surface area contributed by atoms with Gasteiger partial charge in [0.15, 0.2) is 0 Å². The molecule has 14 heavy (non-hydrogen) atoms. The molecule has 0 saturated heterocycles. The maximum Gasteiger partial charge on any atom is 0.0849 e. The third kappa shape index (κ3) is 3.56. The Bertz CT molecular complexity index is 135. The summed E-state index contributed by atoms with van der Waals surface area (Å²) >= 11 is 0. The standard InChI is InChI=1S/C11H25NO2/c1-5-11(6-2,14-8-4)10(12)9-13-7-3/h10H,5-9,12H2,1-4H3. The third-order valence-corrected chi connectivity index (χ3v) is 2.81. The molecule has 0 aromatic carbocycles. The highest BCUT2D eigenvalue weighted by atomic mass is 16.5. The van der Waals surface area contributed by atoms with Crippen LogP contribution in [0.15, 0.2) is 0 Å². The molecular weight excluding hydrogens is 178 g/mol. The van der Waals surface area contributed by atoms with Crippen LogP contribution >= 0.6 is 0 Å². The van der Waals surface area contributed by atoms with Crippen LogP contribution in [0.1, 0.15) is 40.5 Å². The van der Waals surface area contributed by atoms with Gasteiger partial charge in [-0.2, -0.15) is 0 Å². The van der Waals surface area contributed by atoms with E-state index in [2.05, 4.69) is 13.8 Å². The Balaban J connectivity index is 4.28. The van der Waals surface area contributed by atoms with E-state index in [1.165, 1.54) is 0 Å². The van der Waals surface area contributed by atoms with Gasteiger partial charge in [-0.3, -0.25) is 0 Å². The zero-order valence-electron chi connectivity index (χ0n) is 10.0. The van der Waals surface area contributed by atoms with E-state index >= 15 is 0 Å². The normalized spacial score (nSPS) is 14.4. The van der Waals surface area contributed by atoms with Gasteiger partial charge in [0.25, 0.3) is 0 Å². The number of rotatable bonds is 8. The molecule has 0 aromatic heterocycles. The molecule has 0 saturated carbocycles. The van der Waals surface area contributed by atoms with Crippen molar-refractivity contribution >= 4 is 0 Å². The molecule has 2 N–H and O–H groups in total. The minimum absolute atomic E-state index is 0.0302. The SMILES string of the molecule is CCOCC(N)C(CC)(CC)OCC. The second-order valence-electron chi connectivity index (χ2n) is 3.47. The summed E-state index contributed by atoms with van der Waals surface area (Å²) in [6, 6.07) is -0.0302. The fourth-order valence-electron chi connectivity index (χ4n) is 1.77. The van der Waals surface area contributed by atoms with Gasteiger partial charge in [0.05, 0.1) is 18.2 Å². The number of ether oxygens (including phenoxy) is 2. The predicted molar refractivity (Wildman–Crippen MR) is 59.4 cm³/mol. The molecule has 0 rings (SSSR count). The molecule has 0 radical (unpaired) electrons. The molecule has 3 nitrogen and oxygen atoms in total. The molecule has 0 aliphatic heterocycles. The molecule has 1 atom stereocenters. The minimum atomic E-state index is -0.204. The van der Waals surface area contributed by atoms with Crippen molar-refractivity contribution < 1.29 is 9.47 Å². The van der Waals surface area contributed by atoms with Crippen LogP contribution in [0.3, 0.4) is 0 Å². The van der Waals surface area contributed by atoms with Gasteiger partial charge < -0.3 is 15.2 Å². The number of hydrogen-bond acceptors (Lipinski definition) is 3. The number of hydrogen-bond donors (Lipinski definition) is 1. The molecule has 0 heterocycles. The molecule has 0 amide bonds. The summed E-state index contributed by atoms with van der Waals surface area (Å²) in [5, 5.41) is 0. The minimum Gasteiger partial charge on any atom is -0.380 e. The average Bonchev–Trinajstić information content (AvgIpc) is 2.22. The Kier molecular flexibility index (Phi) is 7.15. The summed E-state index contributed by atoms with van der Waals surface area (Å²) < 4.78 is 11.1. The summed E-state index contributed by atoms with van der Waals surface area (Å²) in [5.74, 6) is 0. The van der Waals surface area contributed by atoms with Crippen LogP contribution in [0.5, 0.6) is 0 Å². The molecule has 0 aliphatic rings. The summed E-state index contributed by atoms with van der Waals surface area (Å²) in [6.45, 7) is 10.2. The molecule has 0 aliphatic carbocycles. The Labute approximate surface area is 88.0 Å². The van der Waals surface area contributed by atoms with Gasteiger partial charge in [0.1, 0.15) is 0 Å². The van der Waals surface area contributed by atoms with Gasteiger partial charge in [-0.1, -0.05) is 13.8 Å². The Morgan fingerprint density at radius 1 is 1.07 bits per heavy atom. The first kappa shape index (κ1) is 13.9. The van der Waals surface area contributed by atoms with Crippen LogP contribution < -0.4 is 5.73 Å². The largest absolute Gasteiger partial charge is 0.380 e. The lowest BCUT2D eigenvalue weighted by molar-refractivity contribution is -0.0795. The number of nitrogens with two attached hydrogens (primary N) is 1. The Hall–Kier alpha value is -0.120. The molecule has 1 unspecified atom stereocenters. The third-order valence-electron chi connectivity index (χ3n) is 2.81. The zero-order valence-corrected chi connectivity index (χ0v) is 10.0. The van der Waals surface area contributed by atoms with E-state index in [1.54, 1.807) is 0 Å². The van der Waals surface area contributed by atoms with E-state index in [-0.39, 0.29) is 11.6 Å². The van der Waals surface area contributed by atoms with Gasteiger partial charge in [-0.05, 0) is 26.7 Å². The van der Waals surface area contributed by atoms with Crippen LogP contribution in [-0.2, 0) is 9.47 Å². The van der Waals surface area contributed by atoms with E-state index < -0.39 is 0 Å². The lowest BCUT2D eigenvalue weighted by Crippen LogP contribution is -2.52. The van der Waals surface area contributed by atoms with Crippen molar-refractivity contribution in [3.05, 3.63) is 0 Å². The van der Waals surface area contributed by atoms with Gasteiger partial charge in [0.2, 0.25) is 0 Å². The van der Waals surface area contributed by atoms with Crippen LogP contribution in [-0.4, -0.2) is 31.5 Å². The van der Waals surface area contributed by atoms with Crippen LogP contribution in [0.25, 0.3) is 0 Å². The lowest BCUT2D eigenvalue weighted by atomic mass is 9.89. The van der Waals surface area contributed by atoms with E-state index in [1.807, 2.05) is 13.8 Å². The fourth-order valence-corrected chi connectivity index (χ4v) is 1.77. The second kappa shape index (κ2) is 7.21. The van der Waals surface area contributed by atoms with Crippen LogP contribution in [0.2, 0.25) is 0 Å². The van der Waals surface area contributed by atoms with Gasteiger partial charge >= 0.3 is 0 Å². The molecule has 0 spiro atoms. The molecule has 0 bridgehead atoms. The maximum absolute atomic E-state index is 6.10. The summed E-state index contributed by atoms with van der Waals surface area (Å²) in [4.78, 5) is 0. The highest BCUT2D eigenvalue weighted by molar-refractivity contribution is 4.89. The fraction of sp³-hybridized carbons (Fsp3) is 1.00. The van der Waals surface area contributed by atoms with E-state index in [4.69, 9.17) is 15.2 Å². The monoisotopic (exact) mass is 203 g/mol. The first-order chi connectivity index (χ1) is 6.66. The highest BCUT2D eigenvalue weighted by Gasteiger charge is 2.33. The first-order valence-corrected chi connectivity index (χ1v) is 5.64. The summed E-state index contributed by atoms with van der Waals surface area (Å²) in [7, 11) is 0. The zero-order chi connectivity index (χ0) is 11.0. The Morgan fingerprint density at radius 2 is 1.64 bits per heavy atom. The van der Waals surface area contributed by atoms with Crippen molar-refractivity contribution in [1.29, 1.82) is 0 Å². The maximum atomic E-state index is 6.10. The van der Waals surface area contributed by atoms with E-state index in [0.29, 0.717) is 19.8 Å². The van der Waals surface area contributed by atoms with Crippen molar-refractivity contribution in [1.82, 2.24) is 0 Å². The van der Waals surface area contributed by atoms with Crippen molar-refractivity contribution in [2.45, 2.75) is 52.2 Å². The quantitative estimate of drug-likeness (QED) is 0.655. The average molecular weight is 203 g/mol. The van der Waals surface area contributed by atoms with E-state index in [0.717, 1.165) is 12.8 Å². The first-order valence-electron chi connectivity index (χ1n) is 5.64. The van der Waals surface area contributed by atoms with Crippen LogP contribution in [0.4, 0.5) is 0 Å². The highest BCUT2D eigenvalue weighted by Crippen LogP contribution is 2.24. The topological polar surface area (TPSA) is 44.5 Å². The molecule has 86 valence electrons. The molecule has 3 heteroatoms. The predicted octanol–water partition coefficient (Wildman–Crippen LogP) is 1.95. The lowest BCUT2D eigenvalue weighted by Gasteiger charge is -2.37. The second-order valence-corrected chi connectivity index (χ2v) is 3.47. The Morgan fingerprint density at radius 3 is 2.00 bits per heavy atom. The van der Waals surface area contributed by atoms with Crippen LogP contribution in [0, 0.1) is 0 Å². The summed E-state index contributed by atoms with van der Waals surface area (Å²) in [5.41, 5.74) is 5.89. The van der Waals surface area contributed by atoms with Gasteiger partial charge in [-0.25, -0.2) is 0 Å². The van der Waals surface area contributed by atoms with Crippen molar-refractivity contribution in [3.63, 3.8) is 0 Å². The molecule has 0 fully saturated rings.